The number of unbranched alkanes of at least 4 members (excludes halogenated alkanes) is 2. The quantitative estimate of drug-likeness (QED) is 0.728. The van der Waals surface area contributed by atoms with Gasteiger partial charge in [0.15, 0.2) is 0 Å². The molecule has 0 aliphatic carbocycles. The Balaban J connectivity index is -0.0000000369. The van der Waals surface area contributed by atoms with Gasteiger partial charge in [-0.05, 0) is 0 Å². The van der Waals surface area contributed by atoms with Crippen LogP contribution in [0.25, 0.3) is 0 Å². The minimum atomic E-state index is 0. The molecular weight excluding hydrogens is 359 g/mol. The number of hydrogen-bond acceptors (Lipinski definition) is 2. The number of aliphatic hydroxyl groups is 2. The predicted octanol–water partition coefficient (Wildman–Crippen LogP) is 3.21. The fourth-order valence-electron chi connectivity index (χ4n) is 0. The summed E-state index contributed by atoms with van der Waals surface area (Å²) in [6.07, 6.45) is 4.56. The van der Waals surface area contributed by atoms with Crippen LogP contribution in [0.5, 0.6) is 0 Å². The van der Waals surface area contributed by atoms with Gasteiger partial charge >= 0.3 is 0 Å². The van der Waals surface area contributed by atoms with Crippen molar-refractivity contribution in [2.45, 2.75) is 39.5 Å². The minimum absolute atomic E-state index is 0. The molecule has 0 aromatic carbocycles. The first-order valence-corrected chi connectivity index (χ1v) is 6.78. The summed E-state index contributed by atoms with van der Waals surface area (Å²) in [5.74, 6) is 0.917. The molecule has 0 heterocycles. The third kappa shape index (κ3) is 141. The molecule has 0 aromatic heterocycles. The summed E-state index contributed by atoms with van der Waals surface area (Å²) < 4.78 is 0. The number of hydrogen-bond donors (Lipinski definition) is 2. The van der Waals surface area contributed by atoms with Gasteiger partial charge < -0.3 is 10.2 Å². The molecule has 0 fully saturated rings. The Morgan fingerprint density at radius 2 is 0.941 bits per heavy atom. The normalized spacial score (nSPS) is 7.06. The molecule has 0 atom stereocenters. The molecule has 0 rings (SSSR count). The van der Waals surface area contributed by atoms with Gasteiger partial charge in [-0.15, -0.1) is 0 Å². The van der Waals surface area contributed by atoms with Gasteiger partial charge in [0.25, 0.3) is 0 Å². The maximum Gasteiger partial charge on any atom is 0.0530 e. The van der Waals surface area contributed by atoms with Crippen molar-refractivity contribution in [3.05, 3.63) is 13.8 Å². The van der Waals surface area contributed by atoms with Crippen molar-refractivity contribution in [2.75, 3.05) is 24.7 Å². The van der Waals surface area contributed by atoms with Crippen molar-refractivity contribution in [1.29, 1.82) is 0 Å². The predicted molar refractivity (Wildman–Crippen MR) is 85.4 cm³/mol. The van der Waals surface area contributed by atoms with Gasteiger partial charge in [-0.2, -0.15) is 0 Å². The van der Waals surface area contributed by atoms with E-state index in [0.717, 1.165) is 12.8 Å². The maximum absolute atomic E-state index is 7.77. The van der Waals surface area contributed by atoms with Crippen LogP contribution in [0.3, 0.4) is 0 Å². The van der Waals surface area contributed by atoms with Crippen LogP contribution in [0.15, 0.2) is 0 Å². The smallest absolute Gasteiger partial charge is 0.0530 e. The van der Waals surface area contributed by atoms with Gasteiger partial charge in [0, 0.05) is 35.4 Å². The Morgan fingerprint density at radius 3 is 0.941 bits per heavy atom. The van der Waals surface area contributed by atoms with Gasteiger partial charge in [-0.1, -0.05) is 78.6 Å². The van der Waals surface area contributed by atoms with Gasteiger partial charge in [0.2, 0.25) is 0 Å². The van der Waals surface area contributed by atoms with Crippen molar-refractivity contribution in [1.82, 2.24) is 0 Å². The van der Waals surface area contributed by atoms with E-state index < -0.39 is 0 Å². The molecule has 0 saturated carbocycles. The van der Waals surface area contributed by atoms with Crippen LogP contribution in [0.4, 0.5) is 0 Å². The van der Waals surface area contributed by atoms with Crippen LogP contribution in [0, 0.1) is 13.8 Å². The SMILES string of the molecule is OCC[S].OCC[S].[CH2]CCC.[CH2]CCC.[Sn]. The Morgan fingerprint density at radius 1 is 0.824 bits per heavy atom. The van der Waals surface area contributed by atoms with E-state index in [1.807, 2.05) is 0 Å². The van der Waals surface area contributed by atoms with E-state index in [-0.39, 0.29) is 37.1 Å². The summed E-state index contributed by atoms with van der Waals surface area (Å²) in [4.78, 5) is 0. The molecule has 0 saturated heterocycles. The Hall–Kier alpha value is 1.42. The molecule has 2 nitrogen and oxygen atoms in total. The first-order chi connectivity index (χ1) is 7.66. The van der Waals surface area contributed by atoms with E-state index in [9.17, 15) is 0 Å². The fourth-order valence-corrected chi connectivity index (χ4v) is 0. The molecular formula is C12H28O2S2Sn. The van der Waals surface area contributed by atoms with Gasteiger partial charge in [-0.3, -0.25) is 0 Å². The first kappa shape index (κ1) is 31.0. The van der Waals surface area contributed by atoms with Gasteiger partial charge in [-0.25, -0.2) is 0 Å². The van der Waals surface area contributed by atoms with Gasteiger partial charge in [0.1, 0.15) is 0 Å². The second-order valence-electron chi connectivity index (χ2n) is 2.56. The molecule has 0 unspecified atom stereocenters. The zero-order chi connectivity index (χ0) is 13.7. The third-order valence-corrected chi connectivity index (χ3v) is 1.25. The molecule has 17 heavy (non-hydrogen) atoms. The van der Waals surface area contributed by atoms with Crippen LogP contribution in [0.2, 0.25) is 0 Å². The second kappa shape index (κ2) is 52.9. The Labute approximate surface area is 137 Å². The van der Waals surface area contributed by atoms with Crippen molar-refractivity contribution in [2.24, 2.45) is 0 Å². The minimum Gasteiger partial charge on any atom is -0.395 e. The summed E-state index contributed by atoms with van der Waals surface area (Å²) in [5.41, 5.74) is 0. The standard InChI is InChI=1S/2C4H9.2C2H5OS.Sn/c2*1-3-4-2;2*3-1-2-4;/h2*1,3-4H2,2H3;2*3H,1-2H2;. The van der Waals surface area contributed by atoms with Crippen molar-refractivity contribution in [3.8, 4) is 0 Å². The number of aliphatic hydroxyl groups excluding tert-OH is 2. The third-order valence-electron chi connectivity index (χ3n) is 0.890. The molecule has 0 aromatic rings. The van der Waals surface area contributed by atoms with E-state index in [1.165, 1.54) is 12.8 Å². The molecule has 0 amide bonds. The first-order valence-electron chi connectivity index (χ1n) is 5.62. The average molecular weight is 387 g/mol. The molecule has 5 heteroatoms. The van der Waals surface area contributed by atoms with Crippen LogP contribution in [-0.2, 0) is 0 Å². The van der Waals surface area contributed by atoms with Crippen molar-refractivity contribution < 1.29 is 10.2 Å². The van der Waals surface area contributed by atoms with E-state index in [2.05, 4.69) is 53.0 Å². The molecule has 2 N–H and O–H groups in total. The molecule has 8 radical (unpaired) electrons. The largest absolute Gasteiger partial charge is 0.395 e. The summed E-state index contributed by atoms with van der Waals surface area (Å²) in [6.45, 7) is 11.7. The molecule has 0 spiro atoms. The maximum atomic E-state index is 7.77. The summed E-state index contributed by atoms with van der Waals surface area (Å²) in [7, 11) is 0. The summed E-state index contributed by atoms with van der Waals surface area (Å²) >= 11 is 8.61. The van der Waals surface area contributed by atoms with E-state index in [4.69, 9.17) is 10.2 Å². The van der Waals surface area contributed by atoms with E-state index in [1.54, 1.807) is 0 Å². The van der Waals surface area contributed by atoms with Crippen LogP contribution < -0.4 is 0 Å². The average Bonchev–Trinajstić information content (AvgIpc) is 2.39. The second-order valence-corrected chi connectivity index (χ2v) is 3.38. The Bertz CT molecular complexity index is 46.5. The fraction of sp³-hybridized carbons (Fsp3) is 0.833. The topological polar surface area (TPSA) is 40.5 Å². The Kier molecular flexibility index (Phi) is 96.6. The van der Waals surface area contributed by atoms with Crippen LogP contribution in [0.1, 0.15) is 39.5 Å². The summed E-state index contributed by atoms with van der Waals surface area (Å²) in [6, 6.07) is 0. The number of rotatable bonds is 4. The van der Waals surface area contributed by atoms with Gasteiger partial charge in [0.05, 0.1) is 13.2 Å². The van der Waals surface area contributed by atoms with Crippen molar-refractivity contribution >= 4 is 49.2 Å². The van der Waals surface area contributed by atoms with E-state index >= 15 is 0 Å². The zero-order valence-electron chi connectivity index (χ0n) is 11.3. The molecule has 0 bridgehead atoms. The summed E-state index contributed by atoms with van der Waals surface area (Å²) in [5, 5.41) is 15.5. The zero-order valence-corrected chi connectivity index (χ0v) is 15.8. The monoisotopic (exact) mass is 388 g/mol. The molecule has 104 valence electrons. The van der Waals surface area contributed by atoms with Crippen LogP contribution in [-0.4, -0.2) is 58.8 Å². The molecule has 0 aliphatic heterocycles. The molecule has 0 aliphatic rings. The van der Waals surface area contributed by atoms with Crippen molar-refractivity contribution in [3.63, 3.8) is 0 Å². The van der Waals surface area contributed by atoms with E-state index in [0.29, 0.717) is 11.5 Å². The van der Waals surface area contributed by atoms with Crippen LogP contribution >= 0.6 is 25.3 Å².